The Bertz CT molecular complexity index is 606. The van der Waals surface area contributed by atoms with Gasteiger partial charge in [0.15, 0.2) is 0 Å². The normalized spacial score (nSPS) is 11.0. The Kier molecular flexibility index (Phi) is 5.74. The number of aryl methyl sites for hydroxylation is 1. The second-order valence-corrected chi connectivity index (χ2v) is 6.26. The topological polar surface area (TPSA) is 33.5 Å². The first-order chi connectivity index (χ1) is 10.2. The minimum absolute atomic E-state index is 0.181. The second-order valence-electron chi connectivity index (χ2n) is 5.16. The van der Waals surface area contributed by atoms with Gasteiger partial charge in [-0.05, 0) is 18.2 Å². The standard InChI is InChI=1S/C17H23NO2S/c1-4-10-21-12-17(19)18(3)11-14-13-8-6-7-9-16(13)20-15(14)5-2/h6-9H,4-5,10-12H2,1-3H3. The summed E-state index contributed by atoms with van der Waals surface area (Å²) >= 11 is 1.70. The van der Waals surface area contributed by atoms with Crippen LogP contribution in [0.25, 0.3) is 11.0 Å². The van der Waals surface area contributed by atoms with Crippen LogP contribution in [0.5, 0.6) is 0 Å². The zero-order valence-electron chi connectivity index (χ0n) is 13.0. The van der Waals surface area contributed by atoms with Crippen LogP contribution in [-0.4, -0.2) is 29.4 Å². The molecule has 0 bridgehead atoms. The van der Waals surface area contributed by atoms with Gasteiger partial charge in [-0.25, -0.2) is 0 Å². The third-order valence-electron chi connectivity index (χ3n) is 3.50. The molecule has 21 heavy (non-hydrogen) atoms. The summed E-state index contributed by atoms with van der Waals surface area (Å²) in [5, 5.41) is 1.12. The maximum absolute atomic E-state index is 12.2. The molecule has 0 saturated carbocycles. The molecule has 0 aliphatic heterocycles. The summed E-state index contributed by atoms with van der Waals surface area (Å²) < 4.78 is 5.88. The largest absolute Gasteiger partial charge is 0.461 e. The summed E-state index contributed by atoms with van der Waals surface area (Å²) in [6.45, 7) is 4.83. The van der Waals surface area contributed by atoms with Gasteiger partial charge in [-0.3, -0.25) is 4.79 Å². The fraction of sp³-hybridized carbons (Fsp3) is 0.471. The number of amides is 1. The zero-order valence-corrected chi connectivity index (χ0v) is 13.8. The van der Waals surface area contributed by atoms with E-state index in [1.165, 1.54) is 0 Å². The molecule has 0 spiro atoms. The highest BCUT2D eigenvalue weighted by Gasteiger charge is 2.16. The van der Waals surface area contributed by atoms with E-state index in [-0.39, 0.29) is 5.91 Å². The molecule has 1 aromatic heterocycles. The molecule has 0 aliphatic rings. The van der Waals surface area contributed by atoms with E-state index < -0.39 is 0 Å². The molecule has 1 aromatic carbocycles. The van der Waals surface area contributed by atoms with E-state index in [1.54, 1.807) is 16.7 Å². The molecule has 114 valence electrons. The van der Waals surface area contributed by atoms with Crippen LogP contribution in [0.4, 0.5) is 0 Å². The monoisotopic (exact) mass is 305 g/mol. The molecule has 2 rings (SSSR count). The molecule has 0 unspecified atom stereocenters. The van der Waals surface area contributed by atoms with Crippen LogP contribution in [0.15, 0.2) is 28.7 Å². The molecule has 0 saturated heterocycles. The first kappa shape index (κ1) is 16.0. The second kappa shape index (κ2) is 7.55. The highest BCUT2D eigenvalue weighted by molar-refractivity contribution is 7.99. The average molecular weight is 305 g/mol. The van der Waals surface area contributed by atoms with Gasteiger partial charge < -0.3 is 9.32 Å². The number of carbonyl (C=O) groups is 1. The molecule has 1 amide bonds. The number of benzene rings is 1. The third kappa shape index (κ3) is 3.82. The SMILES string of the molecule is CCCSCC(=O)N(C)Cc1c(CC)oc2ccccc12. The van der Waals surface area contributed by atoms with Gasteiger partial charge in [0.2, 0.25) is 5.91 Å². The number of hydrogen-bond donors (Lipinski definition) is 0. The predicted molar refractivity (Wildman–Crippen MR) is 89.7 cm³/mol. The van der Waals surface area contributed by atoms with Crippen molar-refractivity contribution in [2.24, 2.45) is 0 Å². The van der Waals surface area contributed by atoms with Crippen molar-refractivity contribution >= 4 is 28.6 Å². The smallest absolute Gasteiger partial charge is 0.232 e. The Morgan fingerprint density at radius 1 is 1.29 bits per heavy atom. The van der Waals surface area contributed by atoms with Crippen molar-refractivity contribution in [2.75, 3.05) is 18.6 Å². The van der Waals surface area contributed by atoms with Crippen LogP contribution in [0.1, 0.15) is 31.6 Å². The molecule has 3 nitrogen and oxygen atoms in total. The maximum Gasteiger partial charge on any atom is 0.232 e. The van der Waals surface area contributed by atoms with Crippen LogP contribution in [0, 0.1) is 0 Å². The van der Waals surface area contributed by atoms with Gasteiger partial charge in [0, 0.05) is 31.0 Å². The highest BCUT2D eigenvalue weighted by atomic mass is 32.2. The molecular formula is C17H23NO2S. The zero-order chi connectivity index (χ0) is 15.2. The number of hydrogen-bond acceptors (Lipinski definition) is 3. The molecule has 0 N–H and O–H groups in total. The van der Waals surface area contributed by atoms with Gasteiger partial charge in [-0.1, -0.05) is 32.0 Å². The number of fused-ring (bicyclic) bond motifs is 1. The molecule has 0 aliphatic carbocycles. The number of carbonyl (C=O) groups excluding carboxylic acids is 1. The van der Waals surface area contributed by atoms with Crippen LogP contribution in [-0.2, 0) is 17.8 Å². The summed E-state index contributed by atoms with van der Waals surface area (Å²) in [5.74, 6) is 2.76. The minimum Gasteiger partial charge on any atom is -0.461 e. The van der Waals surface area contributed by atoms with Crippen LogP contribution in [0.2, 0.25) is 0 Å². The highest BCUT2D eigenvalue weighted by Crippen LogP contribution is 2.27. The molecule has 0 atom stereocenters. The fourth-order valence-electron chi connectivity index (χ4n) is 2.35. The van der Waals surface area contributed by atoms with Crippen LogP contribution >= 0.6 is 11.8 Å². The van der Waals surface area contributed by atoms with E-state index in [4.69, 9.17) is 4.42 Å². The van der Waals surface area contributed by atoms with Crippen molar-refractivity contribution < 1.29 is 9.21 Å². The molecule has 0 radical (unpaired) electrons. The summed E-state index contributed by atoms with van der Waals surface area (Å²) in [6.07, 6.45) is 1.95. The van der Waals surface area contributed by atoms with Crippen molar-refractivity contribution in [2.45, 2.75) is 33.2 Å². The number of nitrogens with zero attached hydrogens (tertiary/aromatic N) is 1. The van der Waals surface area contributed by atoms with Gasteiger partial charge in [0.25, 0.3) is 0 Å². The number of para-hydroxylation sites is 1. The van der Waals surface area contributed by atoms with E-state index in [0.717, 1.165) is 40.9 Å². The van der Waals surface area contributed by atoms with E-state index in [1.807, 2.05) is 25.2 Å². The molecule has 0 fully saturated rings. The number of rotatable bonds is 7. The Labute approximate surface area is 130 Å². The molecular weight excluding hydrogens is 282 g/mol. The maximum atomic E-state index is 12.2. The first-order valence-corrected chi connectivity index (χ1v) is 8.63. The predicted octanol–water partition coefficient (Wildman–Crippen LogP) is 4.10. The first-order valence-electron chi connectivity index (χ1n) is 7.48. The summed E-state index contributed by atoms with van der Waals surface area (Å²) in [7, 11) is 1.87. The molecule has 4 heteroatoms. The minimum atomic E-state index is 0.181. The van der Waals surface area contributed by atoms with Crippen molar-refractivity contribution in [3.63, 3.8) is 0 Å². The summed E-state index contributed by atoms with van der Waals surface area (Å²) in [4.78, 5) is 14.0. The lowest BCUT2D eigenvalue weighted by Gasteiger charge is -2.17. The Hall–Kier alpha value is -1.42. The van der Waals surface area contributed by atoms with Crippen molar-refractivity contribution in [3.8, 4) is 0 Å². The van der Waals surface area contributed by atoms with Crippen LogP contribution in [0.3, 0.4) is 0 Å². The molecule has 1 heterocycles. The van der Waals surface area contributed by atoms with Crippen LogP contribution < -0.4 is 0 Å². The van der Waals surface area contributed by atoms with Gasteiger partial charge in [-0.2, -0.15) is 11.8 Å². The number of furan rings is 1. The number of thioether (sulfide) groups is 1. The van der Waals surface area contributed by atoms with Gasteiger partial charge >= 0.3 is 0 Å². The quantitative estimate of drug-likeness (QED) is 0.722. The lowest BCUT2D eigenvalue weighted by Crippen LogP contribution is -2.28. The van der Waals surface area contributed by atoms with Gasteiger partial charge in [0.1, 0.15) is 11.3 Å². The van der Waals surface area contributed by atoms with Gasteiger partial charge in [0.05, 0.1) is 5.75 Å². The van der Waals surface area contributed by atoms with Crippen molar-refractivity contribution in [1.82, 2.24) is 4.90 Å². The van der Waals surface area contributed by atoms with E-state index in [0.29, 0.717) is 12.3 Å². The third-order valence-corrected chi connectivity index (χ3v) is 4.65. The van der Waals surface area contributed by atoms with E-state index in [9.17, 15) is 4.79 Å². The lowest BCUT2D eigenvalue weighted by atomic mass is 10.1. The molecule has 2 aromatic rings. The van der Waals surface area contributed by atoms with E-state index >= 15 is 0 Å². The van der Waals surface area contributed by atoms with E-state index in [2.05, 4.69) is 19.9 Å². The average Bonchev–Trinajstić information content (AvgIpc) is 2.85. The Morgan fingerprint density at radius 3 is 2.76 bits per heavy atom. The Morgan fingerprint density at radius 2 is 2.05 bits per heavy atom. The van der Waals surface area contributed by atoms with Crippen molar-refractivity contribution in [3.05, 3.63) is 35.6 Å². The summed E-state index contributed by atoms with van der Waals surface area (Å²) in [6, 6.07) is 8.04. The van der Waals surface area contributed by atoms with Crippen molar-refractivity contribution in [1.29, 1.82) is 0 Å². The fourth-order valence-corrected chi connectivity index (χ4v) is 3.18. The summed E-state index contributed by atoms with van der Waals surface area (Å²) in [5.41, 5.74) is 2.05. The lowest BCUT2D eigenvalue weighted by molar-refractivity contribution is -0.127. The van der Waals surface area contributed by atoms with Gasteiger partial charge in [-0.15, -0.1) is 0 Å². The Balaban J connectivity index is 2.13.